The molecule has 0 bridgehead atoms. The highest BCUT2D eigenvalue weighted by atomic mass is 16.1. The third kappa shape index (κ3) is 3.53. The minimum Gasteiger partial charge on any atom is -0.294 e. The molecule has 124 valence electrons. The Bertz CT molecular complexity index is 882. The Balaban J connectivity index is 1.45. The van der Waals surface area contributed by atoms with Gasteiger partial charge in [0.15, 0.2) is 5.78 Å². The number of carbonyl (C=O) groups is 1. The maximum atomic E-state index is 12.4. The molecule has 0 amide bonds. The van der Waals surface area contributed by atoms with E-state index in [9.17, 15) is 4.79 Å². The largest absolute Gasteiger partial charge is 0.294 e. The van der Waals surface area contributed by atoms with Crippen molar-refractivity contribution in [2.45, 2.75) is 32.1 Å². The lowest BCUT2D eigenvalue weighted by atomic mass is 9.98. The van der Waals surface area contributed by atoms with Crippen LogP contribution in [0.2, 0.25) is 0 Å². The first-order valence-electron chi connectivity index (χ1n) is 8.94. The first-order valence-corrected chi connectivity index (χ1v) is 8.94. The Morgan fingerprint density at radius 3 is 2.52 bits per heavy atom. The molecule has 1 heterocycles. The van der Waals surface area contributed by atoms with Gasteiger partial charge in [0, 0.05) is 24.4 Å². The fraction of sp³-hybridized carbons (Fsp3) is 0.217. The van der Waals surface area contributed by atoms with E-state index >= 15 is 0 Å². The highest BCUT2D eigenvalue weighted by molar-refractivity contribution is 5.96. The average molecular weight is 327 g/mol. The summed E-state index contributed by atoms with van der Waals surface area (Å²) in [5, 5.41) is 0. The normalized spacial score (nSPS) is 12.8. The van der Waals surface area contributed by atoms with Gasteiger partial charge in [0.05, 0.1) is 0 Å². The quantitative estimate of drug-likeness (QED) is 0.614. The van der Waals surface area contributed by atoms with Gasteiger partial charge in [-0.15, -0.1) is 0 Å². The second-order valence-corrected chi connectivity index (χ2v) is 6.70. The summed E-state index contributed by atoms with van der Waals surface area (Å²) in [5.74, 6) is 0.185. The number of fused-ring (bicyclic) bond motifs is 1. The van der Waals surface area contributed by atoms with Crippen molar-refractivity contribution in [1.82, 2.24) is 4.98 Å². The summed E-state index contributed by atoms with van der Waals surface area (Å²) < 4.78 is 0. The van der Waals surface area contributed by atoms with E-state index in [1.165, 1.54) is 41.5 Å². The molecule has 1 aliphatic rings. The Labute approximate surface area is 148 Å². The van der Waals surface area contributed by atoms with Crippen LogP contribution >= 0.6 is 0 Å². The zero-order valence-electron chi connectivity index (χ0n) is 14.2. The van der Waals surface area contributed by atoms with E-state index in [1.807, 2.05) is 30.5 Å². The van der Waals surface area contributed by atoms with Crippen LogP contribution in [0.15, 0.2) is 67.0 Å². The standard InChI is InChI=1S/C23H21NO/c25-23(13-6-17-3-2-14-24-16-17)20-10-7-19(8-11-20)22-12-9-18-4-1-5-21(18)15-22/h2-3,7-12,14-16H,1,4-6,13H2. The monoisotopic (exact) mass is 327 g/mol. The van der Waals surface area contributed by atoms with Gasteiger partial charge in [-0.2, -0.15) is 0 Å². The Morgan fingerprint density at radius 1 is 0.920 bits per heavy atom. The molecule has 0 aliphatic heterocycles. The molecule has 0 N–H and O–H groups in total. The van der Waals surface area contributed by atoms with Crippen LogP contribution in [-0.2, 0) is 19.3 Å². The average Bonchev–Trinajstić information content (AvgIpc) is 3.15. The minimum absolute atomic E-state index is 0.185. The molecule has 0 saturated carbocycles. The number of ketones is 1. The molecule has 25 heavy (non-hydrogen) atoms. The fourth-order valence-electron chi connectivity index (χ4n) is 3.55. The van der Waals surface area contributed by atoms with Crippen molar-refractivity contribution in [3.63, 3.8) is 0 Å². The van der Waals surface area contributed by atoms with Gasteiger partial charge in [0.25, 0.3) is 0 Å². The van der Waals surface area contributed by atoms with Crippen LogP contribution in [-0.4, -0.2) is 10.8 Å². The van der Waals surface area contributed by atoms with Crippen molar-refractivity contribution in [3.8, 4) is 11.1 Å². The number of hydrogen-bond acceptors (Lipinski definition) is 2. The molecule has 0 fully saturated rings. The first kappa shape index (κ1) is 15.8. The predicted molar refractivity (Wildman–Crippen MR) is 101 cm³/mol. The fourth-order valence-corrected chi connectivity index (χ4v) is 3.55. The van der Waals surface area contributed by atoms with Gasteiger partial charge in [-0.25, -0.2) is 0 Å². The van der Waals surface area contributed by atoms with E-state index in [-0.39, 0.29) is 5.78 Å². The zero-order valence-corrected chi connectivity index (χ0v) is 14.2. The number of carbonyl (C=O) groups excluding carboxylic acids is 1. The number of Topliss-reactive ketones (excluding diaryl/α,β-unsaturated/α-hetero) is 1. The highest BCUT2D eigenvalue weighted by Gasteiger charge is 2.12. The van der Waals surface area contributed by atoms with Gasteiger partial charge in [-0.05, 0) is 59.6 Å². The van der Waals surface area contributed by atoms with Crippen LogP contribution in [0.5, 0.6) is 0 Å². The van der Waals surface area contributed by atoms with Crippen LogP contribution < -0.4 is 0 Å². The van der Waals surface area contributed by atoms with E-state index in [2.05, 4.69) is 35.3 Å². The minimum atomic E-state index is 0.185. The Kier molecular flexibility index (Phi) is 4.43. The summed E-state index contributed by atoms with van der Waals surface area (Å²) in [4.78, 5) is 16.5. The van der Waals surface area contributed by atoms with Crippen molar-refractivity contribution in [3.05, 3.63) is 89.2 Å². The molecular formula is C23H21NO. The van der Waals surface area contributed by atoms with E-state index in [0.29, 0.717) is 6.42 Å². The molecule has 2 heteroatoms. The van der Waals surface area contributed by atoms with E-state index in [4.69, 9.17) is 0 Å². The smallest absolute Gasteiger partial charge is 0.163 e. The third-order valence-electron chi connectivity index (χ3n) is 5.00. The summed E-state index contributed by atoms with van der Waals surface area (Å²) >= 11 is 0. The number of pyridine rings is 1. The van der Waals surface area contributed by atoms with Crippen LogP contribution in [0.4, 0.5) is 0 Å². The SMILES string of the molecule is O=C(CCc1cccnc1)c1ccc(-c2ccc3c(c2)CCC3)cc1. The molecule has 0 radical (unpaired) electrons. The van der Waals surface area contributed by atoms with Crippen molar-refractivity contribution in [1.29, 1.82) is 0 Å². The van der Waals surface area contributed by atoms with Crippen LogP contribution in [0.1, 0.15) is 39.9 Å². The molecule has 2 nitrogen and oxygen atoms in total. The highest BCUT2D eigenvalue weighted by Crippen LogP contribution is 2.28. The van der Waals surface area contributed by atoms with Crippen LogP contribution in [0.3, 0.4) is 0 Å². The summed E-state index contributed by atoms with van der Waals surface area (Å²) in [7, 11) is 0. The molecular weight excluding hydrogens is 306 g/mol. The van der Waals surface area contributed by atoms with Gasteiger partial charge in [0.2, 0.25) is 0 Å². The number of benzene rings is 2. The third-order valence-corrected chi connectivity index (χ3v) is 5.00. The van der Waals surface area contributed by atoms with E-state index in [1.54, 1.807) is 6.20 Å². The number of rotatable bonds is 5. The lowest BCUT2D eigenvalue weighted by Crippen LogP contribution is -2.01. The molecule has 3 aromatic rings. The summed E-state index contributed by atoms with van der Waals surface area (Å²) in [6.07, 6.45) is 8.49. The maximum Gasteiger partial charge on any atom is 0.163 e. The Hall–Kier alpha value is -2.74. The van der Waals surface area contributed by atoms with Gasteiger partial charge in [-0.1, -0.05) is 48.5 Å². The second kappa shape index (κ2) is 7.02. The maximum absolute atomic E-state index is 12.4. The van der Waals surface area contributed by atoms with Gasteiger partial charge in [-0.3, -0.25) is 9.78 Å². The van der Waals surface area contributed by atoms with Crippen molar-refractivity contribution in [2.24, 2.45) is 0 Å². The predicted octanol–water partition coefficient (Wildman–Crippen LogP) is 5.05. The molecule has 1 aliphatic carbocycles. The van der Waals surface area contributed by atoms with Crippen LogP contribution in [0.25, 0.3) is 11.1 Å². The van der Waals surface area contributed by atoms with Crippen molar-refractivity contribution in [2.75, 3.05) is 0 Å². The number of hydrogen-bond donors (Lipinski definition) is 0. The number of nitrogens with zero attached hydrogens (tertiary/aromatic N) is 1. The number of aryl methyl sites for hydroxylation is 3. The van der Waals surface area contributed by atoms with Crippen LogP contribution in [0, 0.1) is 0 Å². The van der Waals surface area contributed by atoms with E-state index in [0.717, 1.165) is 17.5 Å². The summed E-state index contributed by atoms with van der Waals surface area (Å²) in [6.45, 7) is 0. The zero-order chi connectivity index (χ0) is 17.1. The first-order chi connectivity index (χ1) is 12.3. The summed E-state index contributed by atoms with van der Waals surface area (Å²) in [5.41, 5.74) is 7.29. The topological polar surface area (TPSA) is 30.0 Å². The van der Waals surface area contributed by atoms with E-state index < -0.39 is 0 Å². The molecule has 1 aromatic heterocycles. The molecule has 0 atom stereocenters. The lowest BCUT2D eigenvalue weighted by Gasteiger charge is -2.07. The van der Waals surface area contributed by atoms with Gasteiger partial charge in [0.1, 0.15) is 0 Å². The van der Waals surface area contributed by atoms with Gasteiger partial charge < -0.3 is 0 Å². The molecule has 0 spiro atoms. The molecule has 0 unspecified atom stereocenters. The molecule has 0 saturated heterocycles. The van der Waals surface area contributed by atoms with Crippen molar-refractivity contribution >= 4 is 5.78 Å². The number of aromatic nitrogens is 1. The summed E-state index contributed by atoms with van der Waals surface area (Å²) in [6, 6.07) is 18.7. The molecule has 2 aromatic carbocycles. The Morgan fingerprint density at radius 2 is 1.72 bits per heavy atom. The lowest BCUT2D eigenvalue weighted by molar-refractivity contribution is 0.0983. The second-order valence-electron chi connectivity index (χ2n) is 6.70. The molecule has 4 rings (SSSR count). The van der Waals surface area contributed by atoms with Gasteiger partial charge >= 0.3 is 0 Å². The van der Waals surface area contributed by atoms with Crippen molar-refractivity contribution < 1.29 is 4.79 Å².